The molecule has 2 aliphatic heterocycles. The first kappa shape index (κ1) is 20.8. The van der Waals surface area contributed by atoms with Crippen LogP contribution in [0.2, 0.25) is 5.02 Å². The first-order valence-corrected chi connectivity index (χ1v) is 11.2. The number of rotatable bonds is 4. The van der Waals surface area contributed by atoms with Crippen molar-refractivity contribution in [1.29, 1.82) is 0 Å². The molecule has 0 unspecified atom stereocenters. The lowest BCUT2D eigenvalue weighted by molar-refractivity contribution is 0.00706. The van der Waals surface area contributed by atoms with Crippen molar-refractivity contribution in [2.45, 2.75) is 49.6 Å². The minimum atomic E-state index is -0.652. The average molecular weight is 471 g/mol. The molecule has 1 aliphatic carbocycles. The molecule has 2 aromatic heterocycles. The van der Waals surface area contributed by atoms with Gasteiger partial charge in [0.05, 0.1) is 36.0 Å². The molecule has 0 bridgehead atoms. The van der Waals surface area contributed by atoms with Crippen LogP contribution < -0.4 is 4.74 Å². The van der Waals surface area contributed by atoms with Crippen molar-refractivity contribution >= 4 is 28.5 Å². The van der Waals surface area contributed by atoms with Crippen LogP contribution in [-0.2, 0) is 22.3 Å². The van der Waals surface area contributed by atoms with Gasteiger partial charge in [0.15, 0.2) is 17.4 Å². The summed E-state index contributed by atoms with van der Waals surface area (Å²) >= 11 is 6.51. The Balaban J connectivity index is 1.23. The number of hydrogen-bond acceptors (Lipinski definition) is 6. The number of pyridine rings is 1. The Morgan fingerprint density at radius 1 is 1.24 bits per heavy atom. The van der Waals surface area contributed by atoms with Crippen molar-refractivity contribution in [3.63, 3.8) is 0 Å². The second-order valence-corrected chi connectivity index (χ2v) is 9.11. The van der Waals surface area contributed by atoms with Gasteiger partial charge >= 0.3 is 0 Å². The first-order chi connectivity index (χ1) is 16.0. The number of aryl methyl sites for hydroxylation is 1. The second kappa shape index (κ2) is 7.92. The normalized spacial score (nSPS) is 28.1. The number of benzene rings is 1. The van der Waals surface area contributed by atoms with Crippen LogP contribution in [0.1, 0.15) is 29.2 Å². The monoisotopic (exact) mass is 470 g/mol. The minimum Gasteiger partial charge on any atom is -0.456 e. The molecule has 0 radical (unpaired) electrons. The largest absolute Gasteiger partial charge is 0.456 e. The van der Waals surface area contributed by atoms with Crippen LogP contribution in [0.4, 0.5) is 10.1 Å². The smallest absolute Gasteiger partial charge is 0.296 e. The first-order valence-electron chi connectivity index (χ1n) is 10.8. The van der Waals surface area contributed by atoms with Crippen molar-refractivity contribution in [2.75, 3.05) is 13.2 Å². The second-order valence-electron chi connectivity index (χ2n) is 8.70. The Morgan fingerprint density at radius 2 is 2.09 bits per heavy atom. The average Bonchev–Trinajstić information content (AvgIpc) is 3.55. The van der Waals surface area contributed by atoms with E-state index in [1.165, 1.54) is 6.07 Å². The third-order valence-corrected chi connectivity index (χ3v) is 6.99. The van der Waals surface area contributed by atoms with Crippen LogP contribution in [0.25, 0.3) is 16.0 Å². The number of fused-ring (bicyclic) bond motifs is 3. The van der Waals surface area contributed by atoms with Gasteiger partial charge < -0.3 is 24.3 Å². The molecule has 2 saturated heterocycles. The van der Waals surface area contributed by atoms with Gasteiger partial charge in [0, 0.05) is 0 Å². The maximum absolute atomic E-state index is 14.7. The zero-order chi connectivity index (χ0) is 22.7. The molecule has 2 N–H and O–H groups in total. The van der Waals surface area contributed by atoms with E-state index < -0.39 is 6.10 Å². The Morgan fingerprint density at radius 3 is 2.94 bits per heavy atom. The summed E-state index contributed by atoms with van der Waals surface area (Å²) in [6.07, 6.45) is 0.199. The highest BCUT2D eigenvalue weighted by atomic mass is 35.5. The number of nitrogens with zero attached hydrogens (tertiary/aromatic N) is 3. The van der Waals surface area contributed by atoms with E-state index in [-0.39, 0.29) is 42.7 Å². The molecular formula is C23H20ClFN4O4. The van der Waals surface area contributed by atoms with Crippen LogP contribution in [0.15, 0.2) is 18.2 Å². The van der Waals surface area contributed by atoms with E-state index in [4.69, 9.17) is 32.4 Å². The third-order valence-electron chi connectivity index (χ3n) is 6.66. The number of aliphatic hydroxyl groups is 1. The van der Waals surface area contributed by atoms with Gasteiger partial charge in [0.2, 0.25) is 0 Å². The molecule has 0 amide bonds. The van der Waals surface area contributed by atoms with E-state index in [1.807, 2.05) is 0 Å². The van der Waals surface area contributed by atoms with Gasteiger partial charge in [-0.1, -0.05) is 23.2 Å². The summed E-state index contributed by atoms with van der Waals surface area (Å²) in [6.45, 7) is 7.66. The van der Waals surface area contributed by atoms with Gasteiger partial charge in [0.25, 0.3) is 6.01 Å². The van der Waals surface area contributed by atoms with E-state index in [1.54, 1.807) is 12.1 Å². The van der Waals surface area contributed by atoms with Crippen LogP contribution in [0, 0.1) is 12.4 Å². The maximum atomic E-state index is 14.7. The molecule has 0 saturated carbocycles. The molecule has 5 atom stereocenters. The van der Waals surface area contributed by atoms with Gasteiger partial charge in [-0.05, 0) is 42.9 Å². The zero-order valence-corrected chi connectivity index (χ0v) is 18.2. The van der Waals surface area contributed by atoms with Crippen molar-refractivity contribution in [1.82, 2.24) is 15.0 Å². The minimum absolute atomic E-state index is 0.0598. The molecule has 6 rings (SSSR count). The molecule has 10 heteroatoms. The molecule has 1 aromatic carbocycles. The van der Waals surface area contributed by atoms with Crippen molar-refractivity contribution in [3.8, 4) is 6.01 Å². The zero-order valence-electron chi connectivity index (χ0n) is 17.4. The van der Waals surface area contributed by atoms with Crippen molar-refractivity contribution < 1.29 is 23.7 Å². The fourth-order valence-electron chi connectivity index (χ4n) is 5.12. The number of aromatic nitrogens is 3. The van der Waals surface area contributed by atoms with Gasteiger partial charge in [-0.15, -0.1) is 0 Å². The topological polar surface area (TPSA) is 93.9 Å². The van der Waals surface area contributed by atoms with E-state index in [0.29, 0.717) is 46.2 Å². The molecule has 33 heavy (non-hydrogen) atoms. The number of ether oxygens (including phenoxy) is 3. The van der Waals surface area contributed by atoms with Gasteiger partial charge in [-0.2, -0.15) is 4.98 Å². The summed E-state index contributed by atoms with van der Waals surface area (Å²) in [5.74, 6) is -0.402. The predicted molar refractivity (Wildman–Crippen MR) is 116 cm³/mol. The molecule has 8 nitrogen and oxygen atoms in total. The number of aliphatic hydroxyl groups excluding tert-OH is 1. The van der Waals surface area contributed by atoms with Crippen molar-refractivity contribution in [3.05, 3.63) is 57.3 Å². The van der Waals surface area contributed by atoms with Gasteiger partial charge in [0.1, 0.15) is 24.1 Å². The van der Waals surface area contributed by atoms with Gasteiger partial charge in [-0.25, -0.2) is 14.2 Å². The third kappa shape index (κ3) is 3.54. The molecule has 3 aromatic rings. The number of H-pyrrole nitrogens is 1. The predicted octanol–water partition coefficient (Wildman–Crippen LogP) is 3.48. The summed E-state index contributed by atoms with van der Waals surface area (Å²) < 4.78 is 31.8. The fraction of sp³-hybridized carbons (Fsp3) is 0.435. The van der Waals surface area contributed by atoms with Crippen LogP contribution in [0.5, 0.6) is 6.01 Å². The molecule has 0 spiro atoms. The van der Waals surface area contributed by atoms with Crippen LogP contribution >= 0.6 is 11.6 Å². The maximum Gasteiger partial charge on any atom is 0.296 e. The van der Waals surface area contributed by atoms with Gasteiger partial charge in [-0.3, -0.25) is 0 Å². The number of aromatic amines is 1. The lowest BCUT2D eigenvalue weighted by Crippen LogP contribution is -2.34. The lowest BCUT2D eigenvalue weighted by atomic mass is 9.95. The Kier molecular flexibility index (Phi) is 4.99. The van der Waals surface area contributed by atoms with Crippen LogP contribution in [0.3, 0.4) is 0 Å². The summed E-state index contributed by atoms with van der Waals surface area (Å²) in [7, 11) is 0. The molecule has 170 valence electrons. The summed E-state index contributed by atoms with van der Waals surface area (Å²) in [4.78, 5) is 15.5. The standard InChI is InChI=1S/C23H20ClFN4O4/c1-26-12-4-10-2-3-11(19(10)14(25)6-12)5-15-13(24)7-16-22(27-15)29-23(28-16)33-18-9-32-20-17(30)8-31-21(18)20/h4,6-7,11,17-18,20-21,30H,2-3,5,8-9H2,(H,27,28,29)/t11-,17-,18-,20-,21-/m1/s1. The summed E-state index contributed by atoms with van der Waals surface area (Å²) in [5, 5.41) is 10.4. The van der Waals surface area contributed by atoms with Crippen LogP contribution in [-0.4, -0.2) is 57.7 Å². The summed E-state index contributed by atoms with van der Waals surface area (Å²) in [5.41, 5.74) is 3.58. The molecule has 4 heterocycles. The molecule has 2 fully saturated rings. The van der Waals surface area contributed by atoms with E-state index in [0.717, 1.165) is 18.4 Å². The Labute approximate surface area is 193 Å². The highest BCUT2D eigenvalue weighted by Crippen LogP contribution is 2.40. The number of nitrogens with one attached hydrogen (secondary N) is 1. The highest BCUT2D eigenvalue weighted by molar-refractivity contribution is 6.31. The summed E-state index contributed by atoms with van der Waals surface area (Å²) in [6, 6.07) is 5.08. The highest BCUT2D eigenvalue weighted by Gasteiger charge is 2.48. The molecule has 3 aliphatic rings. The fourth-order valence-corrected chi connectivity index (χ4v) is 5.35. The van der Waals surface area contributed by atoms with E-state index in [9.17, 15) is 9.50 Å². The Hall–Kier alpha value is -2.77. The quantitative estimate of drug-likeness (QED) is 0.567. The lowest BCUT2D eigenvalue weighted by Gasteiger charge is -2.15. The molecular weight excluding hydrogens is 451 g/mol. The number of imidazole rings is 1. The van der Waals surface area contributed by atoms with Crippen molar-refractivity contribution in [2.24, 2.45) is 0 Å². The Bertz CT molecular complexity index is 1290. The SMILES string of the molecule is [C-]#[N+]c1cc(F)c2c(c1)CC[C@@H]2Cc1nc2nc(O[C@@H]3CO[C@H]4[C@@H]3OC[C@H]4O)[nH]c2cc1Cl. The van der Waals surface area contributed by atoms with E-state index >= 15 is 0 Å². The van der Waals surface area contributed by atoms with E-state index in [2.05, 4.69) is 19.8 Å². The number of halogens is 2. The number of hydrogen-bond donors (Lipinski definition) is 2.